The van der Waals surface area contributed by atoms with Crippen molar-refractivity contribution in [2.75, 3.05) is 13.1 Å². The molecule has 16 heavy (non-hydrogen) atoms. The van der Waals surface area contributed by atoms with E-state index in [0.29, 0.717) is 6.54 Å². The molecule has 0 amide bonds. The Morgan fingerprint density at radius 2 is 2.00 bits per heavy atom. The van der Waals surface area contributed by atoms with E-state index in [4.69, 9.17) is 5.73 Å². The summed E-state index contributed by atoms with van der Waals surface area (Å²) in [6.45, 7) is 2.92. The predicted octanol–water partition coefficient (Wildman–Crippen LogP) is 2.51. The summed E-state index contributed by atoms with van der Waals surface area (Å²) in [6, 6.07) is 6.78. The fraction of sp³-hybridized carbons (Fsp3) is 0.538. The minimum absolute atomic E-state index is 0.639. The van der Waals surface area contributed by atoms with Gasteiger partial charge < -0.3 is 11.1 Å². The Labute approximate surface area is 106 Å². The van der Waals surface area contributed by atoms with Crippen LogP contribution >= 0.6 is 15.9 Å². The third-order valence-electron chi connectivity index (χ3n) is 3.40. The monoisotopic (exact) mass is 282 g/mol. The molecule has 88 valence electrons. The van der Waals surface area contributed by atoms with Gasteiger partial charge in [0.25, 0.3) is 0 Å². The van der Waals surface area contributed by atoms with Crippen molar-refractivity contribution in [1.82, 2.24) is 5.32 Å². The van der Waals surface area contributed by atoms with Gasteiger partial charge in [-0.3, -0.25) is 0 Å². The van der Waals surface area contributed by atoms with Crippen molar-refractivity contribution in [3.05, 3.63) is 34.9 Å². The first kappa shape index (κ1) is 12.1. The maximum Gasteiger partial charge on any atom is 0.0286 e. The molecule has 2 nitrogen and oxygen atoms in total. The Balaban J connectivity index is 2.20. The smallest absolute Gasteiger partial charge is 0.0286 e. The van der Waals surface area contributed by atoms with E-state index in [1.807, 2.05) is 0 Å². The first-order chi connectivity index (χ1) is 7.85. The number of hydrogen-bond acceptors (Lipinski definition) is 2. The molecule has 0 spiro atoms. The van der Waals surface area contributed by atoms with Gasteiger partial charge in [0.15, 0.2) is 0 Å². The zero-order chi connectivity index (χ0) is 11.4. The van der Waals surface area contributed by atoms with E-state index in [2.05, 4.69) is 39.4 Å². The lowest BCUT2D eigenvalue weighted by Crippen LogP contribution is -2.26. The van der Waals surface area contributed by atoms with Crippen LogP contribution in [0.5, 0.6) is 0 Å². The summed E-state index contributed by atoms with van der Waals surface area (Å²) >= 11 is 3.50. The van der Waals surface area contributed by atoms with Crippen LogP contribution in [-0.2, 0) is 11.9 Å². The van der Waals surface area contributed by atoms with Gasteiger partial charge in [-0.05, 0) is 48.5 Å². The van der Waals surface area contributed by atoms with Crippen LogP contribution in [-0.4, -0.2) is 13.1 Å². The minimum atomic E-state index is 0.639. The van der Waals surface area contributed by atoms with Crippen LogP contribution in [0.25, 0.3) is 0 Å². The molecular weight excluding hydrogens is 264 g/mol. The number of benzene rings is 1. The minimum Gasteiger partial charge on any atom is -0.326 e. The Morgan fingerprint density at radius 1 is 1.25 bits per heavy atom. The zero-order valence-corrected chi connectivity index (χ0v) is 11.1. The van der Waals surface area contributed by atoms with E-state index in [0.717, 1.165) is 24.3 Å². The Hall–Kier alpha value is -0.380. The van der Waals surface area contributed by atoms with Crippen LogP contribution < -0.4 is 11.1 Å². The summed E-state index contributed by atoms with van der Waals surface area (Å²) in [7, 11) is 0. The molecular formula is C13H19BrN2. The summed E-state index contributed by atoms with van der Waals surface area (Å²) in [6.07, 6.45) is 2.50. The fourth-order valence-electron chi connectivity index (χ4n) is 2.38. The fourth-order valence-corrected chi connectivity index (χ4v) is 2.92. The molecule has 2 rings (SSSR count). The topological polar surface area (TPSA) is 38.0 Å². The van der Waals surface area contributed by atoms with Crippen molar-refractivity contribution in [2.24, 2.45) is 5.73 Å². The van der Waals surface area contributed by atoms with Gasteiger partial charge >= 0.3 is 0 Å². The van der Waals surface area contributed by atoms with Crippen molar-refractivity contribution >= 4 is 15.9 Å². The standard InChI is InChI=1S/C13H19BrN2/c14-8-12-2-1-11(7-13(12)9-15)10-3-5-16-6-4-10/h1-2,7,10,16H,3-6,8-9,15H2. The molecule has 3 heteroatoms. The Kier molecular flexibility index (Phi) is 4.38. The predicted molar refractivity (Wildman–Crippen MR) is 71.8 cm³/mol. The van der Waals surface area contributed by atoms with Crippen LogP contribution in [0.3, 0.4) is 0 Å². The number of hydrogen-bond donors (Lipinski definition) is 2. The molecule has 0 unspecified atom stereocenters. The van der Waals surface area contributed by atoms with Crippen LogP contribution in [0, 0.1) is 0 Å². The molecule has 0 atom stereocenters. The first-order valence-corrected chi connectivity index (χ1v) is 7.05. The molecule has 0 aliphatic carbocycles. The van der Waals surface area contributed by atoms with Gasteiger partial charge in [-0.1, -0.05) is 34.1 Å². The molecule has 0 bridgehead atoms. The lowest BCUT2D eigenvalue weighted by atomic mass is 9.88. The highest BCUT2D eigenvalue weighted by Crippen LogP contribution is 2.27. The average Bonchev–Trinajstić information content (AvgIpc) is 2.39. The zero-order valence-electron chi connectivity index (χ0n) is 9.51. The van der Waals surface area contributed by atoms with E-state index < -0.39 is 0 Å². The first-order valence-electron chi connectivity index (χ1n) is 5.93. The number of halogens is 1. The third kappa shape index (κ3) is 2.65. The second-order valence-corrected chi connectivity index (χ2v) is 4.95. The summed E-state index contributed by atoms with van der Waals surface area (Å²) in [5.41, 5.74) is 9.86. The van der Waals surface area contributed by atoms with Crippen LogP contribution in [0.1, 0.15) is 35.4 Å². The van der Waals surface area contributed by atoms with Crippen molar-refractivity contribution in [3.63, 3.8) is 0 Å². The average molecular weight is 283 g/mol. The van der Waals surface area contributed by atoms with Gasteiger partial charge in [0.2, 0.25) is 0 Å². The van der Waals surface area contributed by atoms with E-state index in [-0.39, 0.29) is 0 Å². The summed E-state index contributed by atoms with van der Waals surface area (Å²) in [5, 5.41) is 4.30. The van der Waals surface area contributed by atoms with E-state index in [9.17, 15) is 0 Å². The highest BCUT2D eigenvalue weighted by atomic mass is 79.9. The molecule has 3 N–H and O–H groups in total. The second-order valence-electron chi connectivity index (χ2n) is 4.39. The number of piperidine rings is 1. The van der Waals surface area contributed by atoms with Crippen LogP contribution in [0.15, 0.2) is 18.2 Å². The molecule has 0 radical (unpaired) electrons. The maximum absolute atomic E-state index is 5.79. The lowest BCUT2D eigenvalue weighted by molar-refractivity contribution is 0.460. The molecule has 1 heterocycles. The highest BCUT2D eigenvalue weighted by Gasteiger charge is 2.15. The number of nitrogens with two attached hydrogens (primary N) is 1. The normalized spacial score (nSPS) is 17.6. The number of rotatable bonds is 3. The van der Waals surface area contributed by atoms with Crippen LogP contribution in [0.4, 0.5) is 0 Å². The van der Waals surface area contributed by atoms with Gasteiger partial charge in [0, 0.05) is 11.9 Å². The number of alkyl halides is 1. The van der Waals surface area contributed by atoms with Gasteiger partial charge in [0.1, 0.15) is 0 Å². The van der Waals surface area contributed by atoms with Gasteiger partial charge in [0.05, 0.1) is 0 Å². The third-order valence-corrected chi connectivity index (χ3v) is 4.01. The number of nitrogens with one attached hydrogen (secondary N) is 1. The molecule has 1 fully saturated rings. The Bertz CT molecular complexity index is 346. The van der Waals surface area contributed by atoms with E-state index >= 15 is 0 Å². The van der Waals surface area contributed by atoms with Gasteiger partial charge in [-0.2, -0.15) is 0 Å². The molecule has 1 aromatic rings. The summed E-state index contributed by atoms with van der Waals surface area (Å²) in [4.78, 5) is 0. The van der Waals surface area contributed by atoms with E-state index in [1.54, 1.807) is 0 Å². The maximum atomic E-state index is 5.79. The van der Waals surface area contributed by atoms with E-state index in [1.165, 1.54) is 29.5 Å². The van der Waals surface area contributed by atoms with Gasteiger partial charge in [-0.15, -0.1) is 0 Å². The quantitative estimate of drug-likeness (QED) is 0.836. The molecule has 0 saturated carbocycles. The van der Waals surface area contributed by atoms with Crippen molar-refractivity contribution in [3.8, 4) is 0 Å². The summed E-state index contributed by atoms with van der Waals surface area (Å²) in [5.74, 6) is 0.718. The molecule has 1 saturated heterocycles. The largest absolute Gasteiger partial charge is 0.326 e. The van der Waals surface area contributed by atoms with Crippen molar-refractivity contribution in [2.45, 2.75) is 30.6 Å². The SMILES string of the molecule is NCc1cc(C2CCNCC2)ccc1CBr. The van der Waals surface area contributed by atoms with Gasteiger partial charge in [-0.25, -0.2) is 0 Å². The second kappa shape index (κ2) is 5.80. The molecule has 1 aliphatic heterocycles. The van der Waals surface area contributed by atoms with Crippen molar-refractivity contribution < 1.29 is 0 Å². The molecule has 0 aromatic heterocycles. The van der Waals surface area contributed by atoms with Crippen molar-refractivity contribution in [1.29, 1.82) is 0 Å². The summed E-state index contributed by atoms with van der Waals surface area (Å²) < 4.78 is 0. The van der Waals surface area contributed by atoms with Crippen LogP contribution in [0.2, 0.25) is 0 Å². The molecule has 1 aromatic carbocycles. The Morgan fingerprint density at radius 3 is 2.62 bits per heavy atom. The molecule has 1 aliphatic rings. The highest BCUT2D eigenvalue weighted by molar-refractivity contribution is 9.08. The lowest BCUT2D eigenvalue weighted by Gasteiger charge is -2.23.